The second-order valence-corrected chi connectivity index (χ2v) is 3.51. The summed E-state index contributed by atoms with van der Waals surface area (Å²) in [6.07, 6.45) is 3.69. The zero-order valence-corrected chi connectivity index (χ0v) is 9.75. The van der Waals surface area contributed by atoms with E-state index in [1.54, 1.807) is 0 Å². The molecule has 0 amide bonds. The molecule has 0 aliphatic carbocycles. The van der Waals surface area contributed by atoms with Gasteiger partial charge in [0.25, 0.3) is 0 Å². The molecule has 1 atom stereocenters. The van der Waals surface area contributed by atoms with Gasteiger partial charge in [-0.25, -0.2) is 0 Å². The van der Waals surface area contributed by atoms with Crippen molar-refractivity contribution in [3.05, 3.63) is 0 Å². The summed E-state index contributed by atoms with van der Waals surface area (Å²) < 4.78 is 9.57. The van der Waals surface area contributed by atoms with E-state index in [9.17, 15) is 9.59 Å². The molecule has 88 valence electrons. The molecular formula is C11H20O4. The van der Waals surface area contributed by atoms with Crippen LogP contribution in [0, 0.1) is 0 Å². The highest BCUT2D eigenvalue weighted by Crippen LogP contribution is 2.11. The van der Waals surface area contributed by atoms with Gasteiger partial charge in [-0.05, 0) is 12.8 Å². The first kappa shape index (κ1) is 13.9. The molecule has 0 radical (unpaired) electrons. The smallest absolute Gasteiger partial charge is 0.309 e. The maximum atomic E-state index is 11.0. The van der Waals surface area contributed by atoms with Crippen LogP contribution in [0.15, 0.2) is 0 Å². The van der Waals surface area contributed by atoms with Crippen LogP contribution in [0.2, 0.25) is 0 Å². The monoisotopic (exact) mass is 216 g/mol. The standard InChI is InChI=1S/C11H20O4/c1-4-5-6-7-10(15-9(2)12)8-11(13)14-3/h10H,4-8H2,1-3H3. The van der Waals surface area contributed by atoms with Gasteiger partial charge in [0.1, 0.15) is 6.10 Å². The summed E-state index contributed by atoms with van der Waals surface area (Å²) in [7, 11) is 1.33. The Labute approximate surface area is 90.9 Å². The normalized spacial score (nSPS) is 11.9. The van der Waals surface area contributed by atoms with E-state index in [1.807, 2.05) is 0 Å². The molecule has 0 aliphatic heterocycles. The lowest BCUT2D eigenvalue weighted by atomic mass is 10.1. The van der Waals surface area contributed by atoms with Crippen molar-refractivity contribution in [2.75, 3.05) is 7.11 Å². The van der Waals surface area contributed by atoms with Crippen molar-refractivity contribution in [1.82, 2.24) is 0 Å². The topological polar surface area (TPSA) is 52.6 Å². The van der Waals surface area contributed by atoms with Gasteiger partial charge in [0.15, 0.2) is 0 Å². The Bertz CT molecular complexity index is 201. The zero-order chi connectivity index (χ0) is 11.7. The SMILES string of the molecule is CCCCCC(CC(=O)OC)OC(C)=O. The molecule has 0 fully saturated rings. The summed E-state index contributed by atoms with van der Waals surface area (Å²) in [6.45, 7) is 3.45. The van der Waals surface area contributed by atoms with Gasteiger partial charge >= 0.3 is 11.9 Å². The van der Waals surface area contributed by atoms with Crippen LogP contribution < -0.4 is 0 Å². The molecule has 4 heteroatoms. The molecule has 0 rings (SSSR count). The van der Waals surface area contributed by atoms with E-state index in [1.165, 1.54) is 14.0 Å². The highest BCUT2D eigenvalue weighted by Gasteiger charge is 2.16. The second kappa shape index (κ2) is 8.26. The van der Waals surface area contributed by atoms with Gasteiger partial charge in [-0.1, -0.05) is 19.8 Å². The van der Waals surface area contributed by atoms with Crippen LogP contribution in [0.4, 0.5) is 0 Å². The Morgan fingerprint density at radius 3 is 2.40 bits per heavy atom. The molecule has 0 bridgehead atoms. The minimum atomic E-state index is -0.347. The maximum absolute atomic E-state index is 11.0. The number of hydrogen-bond donors (Lipinski definition) is 0. The van der Waals surface area contributed by atoms with E-state index in [0.717, 1.165) is 25.7 Å². The molecule has 4 nitrogen and oxygen atoms in total. The first-order valence-corrected chi connectivity index (χ1v) is 5.34. The van der Waals surface area contributed by atoms with Gasteiger partial charge < -0.3 is 9.47 Å². The number of esters is 2. The Hall–Kier alpha value is -1.06. The number of carbonyl (C=O) groups excluding carboxylic acids is 2. The first-order chi connectivity index (χ1) is 7.10. The van der Waals surface area contributed by atoms with Gasteiger partial charge in [-0.15, -0.1) is 0 Å². The molecule has 0 aromatic rings. The minimum Gasteiger partial charge on any atom is -0.469 e. The van der Waals surface area contributed by atoms with Crippen LogP contribution in [0.5, 0.6) is 0 Å². The van der Waals surface area contributed by atoms with E-state index >= 15 is 0 Å². The minimum absolute atomic E-state index is 0.153. The summed E-state index contributed by atoms with van der Waals surface area (Å²) >= 11 is 0. The van der Waals surface area contributed by atoms with Crippen molar-refractivity contribution in [2.45, 2.75) is 52.1 Å². The molecule has 0 aliphatic rings. The van der Waals surface area contributed by atoms with Crippen LogP contribution in [0.1, 0.15) is 46.0 Å². The summed E-state index contributed by atoms with van der Waals surface area (Å²) in [6, 6.07) is 0. The van der Waals surface area contributed by atoms with Crippen LogP contribution in [-0.4, -0.2) is 25.2 Å². The van der Waals surface area contributed by atoms with Crippen LogP contribution in [-0.2, 0) is 19.1 Å². The molecule has 0 saturated carbocycles. The average molecular weight is 216 g/mol. The number of carbonyl (C=O) groups is 2. The van der Waals surface area contributed by atoms with Crippen molar-refractivity contribution >= 4 is 11.9 Å². The van der Waals surface area contributed by atoms with Gasteiger partial charge in [0.05, 0.1) is 13.5 Å². The molecule has 0 aromatic carbocycles. The quantitative estimate of drug-likeness (QED) is 0.483. The molecule has 0 N–H and O–H groups in total. The predicted molar refractivity (Wildman–Crippen MR) is 56.3 cm³/mol. The average Bonchev–Trinajstić information content (AvgIpc) is 2.17. The van der Waals surface area contributed by atoms with Gasteiger partial charge in [0, 0.05) is 6.92 Å². The molecule has 0 spiro atoms. The van der Waals surface area contributed by atoms with E-state index in [2.05, 4.69) is 11.7 Å². The molecule has 15 heavy (non-hydrogen) atoms. The van der Waals surface area contributed by atoms with Crippen molar-refractivity contribution in [3.63, 3.8) is 0 Å². The zero-order valence-electron chi connectivity index (χ0n) is 9.75. The third-order valence-corrected chi connectivity index (χ3v) is 2.08. The van der Waals surface area contributed by atoms with Crippen molar-refractivity contribution in [3.8, 4) is 0 Å². The number of rotatable bonds is 7. The second-order valence-electron chi connectivity index (χ2n) is 3.51. The third-order valence-electron chi connectivity index (χ3n) is 2.08. The summed E-state index contributed by atoms with van der Waals surface area (Å²) in [5.74, 6) is -0.682. The lowest BCUT2D eigenvalue weighted by Gasteiger charge is -2.15. The van der Waals surface area contributed by atoms with E-state index in [-0.39, 0.29) is 24.5 Å². The van der Waals surface area contributed by atoms with E-state index < -0.39 is 0 Å². The van der Waals surface area contributed by atoms with Gasteiger partial charge in [-0.3, -0.25) is 9.59 Å². The van der Waals surface area contributed by atoms with E-state index in [4.69, 9.17) is 4.74 Å². The first-order valence-electron chi connectivity index (χ1n) is 5.34. The molecule has 0 saturated heterocycles. The Morgan fingerprint density at radius 1 is 1.27 bits per heavy atom. The number of ether oxygens (including phenoxy) is 2. The molecule has 0 aromatic heterocycles. The molecule has 0 heterocycles. The van der Waals surface area contributed by atoms with Crippen LogP contribution in [0.3, 0.4) is 0 Å². The van der Waals surface area contributed by atoms with Crippen LogP contribution >= 0.6 is 0 Å². The predicted octanol–water partition coefficient (Wildman–Crippen LogP) is 2.06. The summed E-state index contributed by atoms with van der Waals surface area (Å²) in [5, 5.41) is 0. The largest absolute Gasteiger partial charge is 0.469 e. The molecule has 1 unspecified atom stereocenters. The maximum Gasteiger partial charge on any atom is 0.309 e. The molecular weight excluding hydrogens is 196 g/mol. The third kappa shape index (κ3) is 7.97. The van der Waals surface area contributed by atoms with Gasteiger partial charge in [0.2, 0.25) is 0 Å². The van der Waals surface area contributed by atoms with Crippen molar-refractivity contribution < 1.29 is 19.1 Å². The number of methoxy groups -OCH3 is 1. The highest BCUT2D eigenvalue weighted by atomic mass is 16.6. The van der Waals surface area contributed by atoms with Crippen LogP contribution in [0.25, 0.3) is 0 Å². The highest BCUT2D eigenvalue weighted by molar-refractivity contribution is 5.71. The Kier molecular flexibility index (Phi) is 7.68. The Balaban J connectivity index is 3.94. The lowest BCUT2D eigenvalue weighted by Crippen LogP contribution is -2.21. The number of hydrogen-bond acceptors (Lipinski definition) is 4. The lowest BCUT2D eigenvalue weighted by molar-refractivity contribution is -0.152. The summed E-state index contributed by atoms with van der Waals surface area (Å²) in [5.41, 5.74) is 0. The fourth-order valence-corrected chi connectivity index (χ4v) is 1.33. The van der Waals surface area contributed by atoms with Crippen molar-refractivity contribution in [2.24, 2.45) is 0 Å². The Morgan fingerprint density at radius 2 is 1.93 bits per heavy atom. The van der Waals surface area contributed by atoms with Crippen molar-refractivity contribution in [1.29, 1.82) is 0 Å². The number of unbranched alkanes of at least 4 members (excludes halogenated alkanes) is 2. The van der Waals surface area contributed by atoms with E-state index in [0.29, 0.717) is 0 Å². The summed E-state index contributed by atoms with van der Waals surface area (Å²) in [4.78, 5) is 21.8. The fraction of sp³-hybridized carbons (Fsp3) is 0.818. The fourth-order valence-electron chi connectivity index (χ4n) is 1.33. The van der Waals surface area contributed by atoms with Gasteiger partial charge in [-0.2, -0.15) is 0 Å².